The second kappa shape index (κ2) is 8.82. The molecule has 6 heteroatoms. The lowest BCUT2D eigenvalue weighted by molar-refractivity contribution is 0.324. The summed E-state index contributed by atoms with van der Waals surface area (Å²) in [6.07, 6.45) is 2.23. The van der Waals surface area contributed by atoms with Gasteiger partial charge in [-0.3, -0.25) is 9.88 Å². The normalized spacial score (nSPS) is 17.1. The van der Waals surface area contributed by atoms with Gasteiger partial charge in [-0.2, -0.15) is 0 Å². The summed E-state index contributed by atoms with van der Waals surface area (Å²) in [5.41, 5.74) is 4.42. The number of benzene rings is 3. The van der Waals surface area contributed by atoms with Gasteiger partial charge in [0.2, 0.25) is 10.0 Å². The third-order valence-electron chi connectivity index (χ3n) is 5.94. The number of nitrogens with one attached hydrogen (secondary N) is 1. The fourth-order valence-corrected chi connectivity index (χ4v) is 5.49. The summed E-state index contributed by atoms with van der Waals surface area (Å²) in [4.78, 5) is 6.80. The molecule has 0 radical (unpaired) electrons. The van der Waals surface area contributed by atoms with Gasteiger partial charge in [0.25, 0.3) is 0 Å². The van der Waals surface area contributed by atoms with Crippen LogP contribution in [0.3, 0.4) is 0 Å². The first kappa shape index (κ1) is 20.8. The number of sulfonamides is 1. The van der Waals surface area contributed by atoms with Crippen molar-refractivity contribution < 1.29 is 8.42 Å². The lowest BCUT2D eigenvalue weighted by Crippen LogP contribution is -2.37. The van der Waals surface area contributed by atoms with Crippen molar-refractivity contribution in [1.82, 2.24) is 14.6 Å². The molecule has 0 unspecified atom stereocenters. The number of hydrogen-bond donors (Lipinski definition) is 1. The van der Waals surface area contributed by atoms with Crippen LogP contribution in [0.5, 0.6) is 0 Å². The van der Waals surface area contributed by atoms with Crippen LogP contribution in [-0.4, -0.2) is 37.4 Å². The van der Waals surface area contributed by atoms with Crippen molar-refractivity contribution in [2.24, 2.45) is 0 Å². The average Bonchev–Trinajstić information content (AvgIpc) is 3.25. The van der Waals surface area contributed by atoms with Crippen LogP contribution in [0.25, 0.3) is 22.0 Å². The molecule has 0 aliphatic carbocycles. The van der Waals surface area contributed by atoms with Crippen LogP contribution in [0.15, 0.2) is 96.0 Å². The van der Waals surface area contributed by atoms with Crippen molar-refractivity contribution in [3.8, 4) is 11.1 Å². The van der Waals surface area contributed by atoms with Gasteiger partial charge in [0.05, 0.1) is 5.52 Å². The minimum Gasteiger partial charge on any atom is -0.297 e. The predicted octanol–water partition coefficient (Wildman–Crippen LogP) is 4.45. The minimum atomic E-state index is -3.61. The Morgan fingerprint density at radius 2 is 1.62 bits per heavy atom. The second-order valence-corrected chi connectivity index (χ2v) is 9.98. The highest BCUT2D eigenvalue weighted by Crippen LogP contribution is 2.22. The molecule has 1 saturated heterocycles. The molecule has 0 spiro atoms. The number of fused-ring (bicyclic) bond motifs is 1. The van der Waals surface area contributed by atoms with E-state index in [0.29, 0.717) is 6.54 Å². The molecule has 0 bridgehead atoms. The highest BCUT2D eigenvalue weighted by molar-refractivity contribution is 7.89. The first-order valence-electron chi connectivity index (χ1n) is 10.8. The summed E-state index contributed by atoms with van der Waals surface area (Å²) in [5.74, 6) is 0. The topological polar surface area (TPSA) is 62.3 Å². The molecule has 162 valence electrons. The van der Waals surface area contributed by atoms with Gasteiger partial charge in [0, 0.05) is 37.3 Å². The molecule has 32 heavy (non-hydrogen) atoms. The molecule has 0 amide bonds. The van der Waals surface area contributed by atoms with E-state index in [9.17, 15) is 8.42 Å². The van der Waals surface area contributed by atoms with Crippen molar-refractivity contribution in [3.63, 3.8) is 0 Å². The number of likely N-dealkylation sites (tertiary alicyclic amines) is 1. The van der Waals surface area contributed by atoms with Crippen LogP contribution in [0.2, 0.25) is 0 Å². The molecule has 3 aromatic carbocycles. The van der Waals surface area contributed by atoms with Crippen molar-refractivity contribution in [2.75, 3.05) is 13.1 Å². The van der Waals surface area contributed by atoms with Crippen LogP contribution in [0.1, 0.15) is 12.0 Å². The zero-order valence-electron chi connectivity index (χ0n) is 17.7. The highest BCUT2D eigenvalue weighted by Gasteiger charge is 2.27. The van der Waals surface area contributed by atoms with Crippen molar-refractivity contribution in [2.45, 2.75) is 23.9 Å². The van der Waals surface area contributed by atoms with E-state index in [1.165, 1.54) is 22.9 Å². The molecule has 2 heterocycles. The van der Waals surface area contributed by atoms with Gasteiger partial charge < -0.3 is 0 Å². The maximum absolute atomic E-state index is 12.9. The summed E-state index contributed by atoms with van der Waals surface area (Å²) in [5, 5.41) is 0.822. The molecule has 1 aliphatic rings. The SMILES string of the molecule is O=S(=O)(N[C@@H]1CCN(Cc2ccc(-c3ccccc3)cc2)C1)c1cnc2ccccc2c1. The number of nitrogens with zero attached hydrogens (tertiary/aromatic N) is 2. The van der Waals surface area contributed by atoms with Crippen LogP contribution in [0, 0.1) is 0 Å². The van der Waals surface area contributed by atoms with Crippen LogP contribution in [-0.2, 0) is 16.6 Å². The quantitative estimate of drug-likeness (QED) is 0.478. The van der Waals surface area contributed by atoms with Gasteiger partial charge in [-0.05, 0) is 35.2 Å². The van der Waals surface area contributed by atoms with Crippen LogP contribution in [0.4, 0.5) is 0 Å². The first-order chi connectivity index (χ1) is 15.6. The number of para-hydroxylation sites is 1. The van der Waals surface area contributed by atoms with E-state index in [-0.39, 0.29) is 10.9 Å². The summed E-state index contributed by atoms with van der Waals surface area (Å²) in [6.45, 7) is 2.37. The predicted molar refractivity (Wildman–Crippen MR) is 128 cm³/mol. The third-order valence-corrected chi connectivity index (χ3v) is 7.42. The van der Waals surface area contributed by atoms with Gasteiger partial charge in [-0.25, -0.2) is 13.1 Å². The smallest absolute Gasteiger partial charge is 0.242 e. The van der Waals surface area contributed by atoms with Gasteiger partial charge in [-0.15, -0.1) is 0 Å². The van der Waals surface area contributed by atoms with E-state index in [2.05, 4.69) is 51.0 Å². The molecule has 1 atom stereocenters. The standard InChI is InChI=1S/C26H25N3O2S/c30-32(31,25-16-23-8-4-5-9-26(23)27-17-25)28-24-14-15-29(19-24)18-20-10-12-22(13-11-20)21-6-2-1-3-7-21/h1-13,16-17,24,28H,14-15,18-19H2/t24-/m1/s1. The summed E-state index contributed by atoms with van der Waals surface area (Å²) in [6, 6.07) is 28.0. The Hall–Kier alpha value is -3.06. The molecule has 5 nitrogen and oxygen atoms in total. The Labute approximate surface area is 188 Å². The number of rotatable bonds is 6. The van der Waals surface area contributed by atoms with Crippen molar-refractivity contribution in [1.29, 1.82) is 0 Å². The Bertz CT molecular complexity index is 1320. The molecule has 1 N–H and O–H groups in total. The molecule has 1 aliphatic heterocycles. The molecule has 0 saturated carbocycles. The van der Waals surface area contributed by atoms with Gasteiger partial charge >= 0.3 is 0 Å². The number of hydrogen-bond acceptors (Lipinski definition) is 4. The van der Waals surface area contributed by atoms with Gasteiger partial charge in [0.15, 0.2) is 0 Å². The third kappa shape index (κ3) is 4.58. The van der Waals surface area contributed by atoms with E-state index in [0.717, 1.165) is 30.4 Å². The van der Waals surface area contributed by atoms with Gasteiger partial charge in [-0.1, -0.05) is 72.8 Å². The average molecular weight is 444 g/mol. The molecular weight excluding hydrogens is 418 g/mol. The van der Waals surface area contributed by atoms with E-state index in [4.69, 9.17) is 0 Å². The largest absolute Gasteiger partial charge is 0.297 e. The van der Waals surface area contributed by atoms with E-state index in [1.54, 1.807) is 6.07 Å². The number of pyridine rings is 1. The summed E-state index contributed by atoms with van der Waals surface area (Å²) < 4.78 is 28.7. The van der Waals surface area contributed by atoms with E-state index >= 15 is 0 Å². The van der Waals surface area contributed by atoms with E-state index < -0.39 is 10.0 Å². The maximum atomic E-state index is 12.9. The first-order valence-corrected chi connectivity index (χ1v) is 12.3. The Kier molecular flexibility index (Phi) is 5.74. The Morgan fingerprint density at radius 1 is 0.906 bits per heavy atom. The fraction of sp³-hybridized carbons (Fsp3) is 0.192. The van der Waals surface area contributed by atoms with Crippen molar-refractivity contribution in [3.05, 3.63) is 96.7 Å². The van der Waals surface area contributed by atoms with Crippen LogP contribution >= 0.6 is 0 Å². The molecule has 4 aromatic rings. The maximum Gasteiger partial charge on any atom is 0.242 e. The van der Waals surface area contributed by atoms with Crippen LogP contribution < -0.4 is 4.72 Å². The Morgan fingerprint density at radius 3 is 2.44 bits per heavy atom. The van der Waals surface area contributed by atoms with E-state index in [1.807, 2.05) is 42.5 Å². The molecule has 1 aromatic heterocycles. The second-order valence-electron chi connectivity index (χ2n) is 8.27. The highest BCUT2D eigenvalue weighted by atomic mass is 32.2. The van der Waals surface area contributed by atoms with Crippen molar-refractivity contribution >= 4 is 20.9 Å². The molecule has 5 rings (SSSR count). The monoisotopic (exact) mass is 443 g/mol. The zero-order valence-corrected chi connectivity index (χ0v) is 18.5. The Balaban J connectivity index is 1.21. The molecule has 1 fully saturated rings. The minimum absolute atomic E-state index is 0.102. The lowest BCUT2D eigenvalue weighted by atomic mass is 10.0. The summed E-state index contributed by atoms with van der Waals surface area (Å²) in [7, 11) is -3.61. The fourth-order valence-electron chi connectivity index (χ4n) is 4.25. The van der Waals surface area contributed by atoms with Gasteiger partial charge in [0.1, 0.15) is 4.90 Å². The number of aromatic nitrogens is 1. The lowest BCUT2D eigenvalue weighted by Gasteiger charge is -2.17. The molecular formula is C26H25N3O2S. The summed E-state index contributed by atoms with van der Waals surface area (Å²) >= 11 is 0. The zero-order chi connectivity index (χ0) is 22.0.